The summed E-state index contributed by atoms with van der Waals surface area (Å²) in [5, 5.41) is 4.46. The number of nitrogens with zero attached hydrogens (tertiary/aromatic N) is 3. The van der Waals surface area contributed by atoms with E-state index in [9.17, 15) is 8.78 Å². The lowest BCUT2D eigenvalue weighted by Crippen LogP contribution is -2.32. The number of ether oxygens (including phenoxy) is 1. The molecule has 0 saturated carbocycles. The molecule has 3 aromatic rings. The zero-order chi connectivity index (χ0) is 16.3. The predicted octanol–water partition coefficient (Wildman–Crippen LogP) is 2.48. The molecule has 5 rings (SSSR count). The molecule has 2 aromatic carbocycles. The first-order valence-electron chi connectivity index (χ1n) is 7.84. The first-order valence-corrected chi connectivity index (χ1v) is 7.84. The Bertz CT molecular complexity index is 933. The lowest BCUT2D eigenvalue weighted by molar-refractivity contribution is -0.658. The third-order valence-electron chi connectivity index (χ3n) is 4.74. The van der Waals surface area contributed by atoms with E-state index >= 15 is 0 Å². The van der Waals surface area contributed by atoms with E-state index in [1.54, 1.807) is 6.33 Å². The van der Waals surface area contributed by atoms with Gasteiger partial charge in [-0.15, -0.1) is 0 Å². The van der Waals surface area contributed by atoms with Crippen molar-refractivity contribution < 1.29 is 18.2 Å². The molecule has 0 radical (unpaired) electrons. The van der Waals surface area contributed by atoms with Gasteiger partial charge in [-0.1, -0.05) is 28.9 Å². The van der Waals surface area contributed by atoms with Gasteiger partial charge in [-0.25, -0.2) is 13.3 Å². The van der Waals surface area contributed by atoms with Crippen LogP contribution < -0.4 is 4.68 Å². The van der Waals surface area contributed by atoms with Crippen LogP contribution in [0, 0.1) is 11.6 Å². The summed E-state index contributed by atoms with van der Waals surface area (Å²) in [5.74, 6) is -0.495. The van der Waals surface area contributed by atoms with E-state index in [2.05, 4.69) is 21.8 Å². The summed E-state index contributed by atoms with van der Waals surface area (Å²) in [4.78, 5) is 0. The second-order valence-electron chi connectivity index (χ2n) is 6.21. The minimum absolute atomic E-state index is 0.0529. The van der Waals surface area contributed by atoms with Crippen LogP contribution in [-0.4, -0.2) is 15.8 Å². The number of hydrogen-bond acceptors (Lipinski definition) is 2. The van der Waals surface area contributed by atoms with Gasteiger partial charge in [0.25, 0.3) is 12.2 Å². The van der Waals surface area contributed by atoms with E-state index in [-0.39, 0.29) is 12.1 Å². The highest BCUT2D eigenvalue weighted by molar-refractivity contribution is 5.38. The average molecular weight is 326 g/mol. The zero-order valence-corrected chi connectivity index (χ0v) is 12.7. The largest absolute Gasteiger partial charge is 0.363 e. The number of benzene rings is 2. The van der Waals surface area contributed by atoms with Gasteiger partial charge in [0.05, 0.1) is 0 Å². The fourth-order valence-corrected chi connectivity index (χ4v) is 3.72. The van der Waals surface area contributed by atoms with Gasteiger partial charge in [0.1, 0.15) is 24.3 Å². The monoisotopic (exact) mass is 326 g/mol. The maximum absolute atomic E-state index is 13.5. The van der Waals surface area contributed by atoms with Crippen LogP contribution in [0.1, 0.15) is 23.0 Å². The van der Waals surface area contributed by atoms with Crippen LogP contribution in [0.2, 0.25) is 0 Å². The SMILES string of the molecule is Fc1cc(F)cc(-[n+]2cn3c(n2)CO[C@H]2Cc4ccccc4C23)c1. The maximum Gasteiger partial charge on any atom is 0.272 e. The van der Waals surface area contributed by atoms with Crippen molar-refractivity contribution in [2.45, 2.75) is 25.2 Å². The van der Waals surface area contributed by atoms with Crippen molar-refractivity contribution in [2.75, 3.05) is 0 Å². The average Bonchev–Trinajstić information content (AvgIpc) is 3.14. The molecule has 6 heteroatoms. The Morgan fingerprint density at radius 2 is 1.92 bits per heavy atom. The fraction of sp³-hybridized carbons (Fsp3) is 0.222. The summed E-state index contributed by atoms with van der Waals surface area (Å²) in [6, 6.07) is 11.7. The van der Waals surface area contributed by atoms with Crippen molar-refractivity contribution in [1.29, 1.82) is 0 Å². The molecule has 2 aliphatic rings. The van der Waals surface area contributed by atoms with Gasteiger partial charge in [-0.3, -0.25) is 0 Å². The standard InChI is InChI=1S/C18H14F2N3O/c19-12-6-13(20)8-14(7-12)23-10-22-17(21-23)9-24-16-5-11-3-1-2-4-15(11)18(16)22/h1-4,6-8,10,16,18H,5,9H2/q+1/t16-,18?/m0/s1. The molecular formula is C18H14F2N3O+. The number of rotatable bonds is 1. The van der Waals surface area contributed by atoms with Crippen LogP contribution in [0.4, 0.5) is 8.78 Å². The summed E-state index contributed by atoms with van der Waals surface area (Å²) in [5.41, 5.74) is 2.85. The summed E-state index contributed by atoms with van der Waals surface area (Å²) in [6.45, 7) is 0.389. The van der Waals surface area contributed by atoms with Gasteiger partial charge in [0.15, 0.2) is 11.7 Å². The Balaban J connectivity index is 1.63. The number of aromatic nitrogens is 3. The van der Waals surface area contributed by atoms with Crippen LogP contribution in [0.15, 0.2) is 48.8 Å². The lowest BCUT2D eigenvalue weighted by atomic mass is 10.1. The molecule has 2 heterocycles. The van der Waals surface area contributed by atoms with Crippen molar-refractivity contribution in [3.05, 3.63) is 77.4 Å². The topological polar surface area (TPSA) is 30.9 Å². The minimum atomic E-state index is -0.621. The molecule has 1 aromatic heterocycles. The van der Waals surface area contributed by atoms with Crippen LogP contribution in [-0.2, 0) is 17.8 Å². The van der Waals surface area contributed by atoms with Crippen LogP contribution >= 0.6 is 0 Å². The normalized spacial score (nSPS) is 21.2. The first-order chi connectivity index (χ1) is 11.7. The van der Waals surface area contributed by atoms with Crippen molar-refractivity contribution in [3.63, 3.8) is 0 Å². The molecule has 0 N–H and O–H groups in total. The van der Waals surface area contributed by atoms with Gasteiger partial charge in [-0.05, 0) is 10.7 Å². The lowest BCUT2D eigenvalue weighted by Gasteiger charge is -2.22. The summed E-state index contributed by atoms with van der Waals surface area (Å²) < 4.78 is 36.5. The third-order valence-corrected chi connectivity index (χ3v) is 4.74. The maximum atomic E-state index is 13.5. The Kier molecular flexibility index (Phi) is 2.84. The molecule has 0 bridgehead atoms. The number of fused-ring (bicyclic) bond motifs is 5. The van der Waals surface area contributed by atoms with Crippen molar-refractivity contribution in [1.82, 2.24) is 9.67 Å². The van der Waals surface area contributed by atoms with Gasteiger partial charge in [-0.2, -0.15) is 0 Å². The second kappa shape index (κ2) is 4.95. The predicted molar refractivity (Wildman–Crippen MR) is 80.5 cm³/mol. The Labute approximate surface area is 136 Å². The molecule has 1 aliphatic carbocycles. The van der Waals surface area contributed by atoms with E-state index in [0.29, 0.717) is 12.3 Å². The van der Waals surface area contributed by atoms with Crippen LogP contribution in [0.3, 0.4) is 0 Å². The number of halogens is 2. The highest BCUT2D eigenvalue weighted by Gasteiger charge is 2.43. The highest BCUT2D eigenvalue weighted by atomic mass is 19.1. The molecule has 2 atom stereocenters. The van der Waals surface area contributed by atoms with E-state index in [1.807, 2.05) is 12.1 Å². The molecule has 0 spiro atoms. The highest BCUT2D eigenvalue weighted by Crippen LogP contribution is 2.39. The van der Waals surface area contributed by atoms with Crippen LogP contribution in [0.25, 0.3) is 5.69 Å². The second-order valence-corrected chi connectivity index (χ2v) is 6.21. The van der Waals surface area contributed by atoms with Gasteiger partial charge in [0, 0.05) is 30.2 Å². The van der Waals surface area contributed by atoms with Crippen molar-refractivity contribution in [3.8, 4) is 5.69 Å². The van der Waals surface area contributed by atoms with Gasteiger partial charge >= 0.3 is 0 Å². The molecule has 0 saturated heterocycles. The molecule has 1 unspecified atom stereocenters. The minimum Gasteiger partial charge on any atom is -0.363 e. The molecule has 0 fully saturated rings. The summed E-state index contributed by atoms with van der Waals surface area (Å²) in [6.07, 6.45) is 2.74. The van der Waals surface area contributed by atoms with E-state index < -0.39 is 11.6 Å². The first kappa shape index (κ1) is 13.8. The smallest absolute Gasteiger partial charge is 0.272 e. The molecule has 0 amide bonds. The van der Waals surface area contributed by atoms with Crippen molar-refractivity contribution in [2.24, 2.45) is 0 Å². The molecule has 120 valence electrons. The summed E-state index contributed by atoms with van der Waals surface area (Å²) >= 11 is 0. The van der Waals surface area contributed by atoms with Crippen molar-refractivity contribution >= 4 is 0 Å². The Hall–Kier alpha value is -2.60. The quantitative estimate of drug-likeness (QED) is 0.643. The molecular weight excluding hydrogens is 312 g/mol. The Morgan fingerprint density at radius 3 is 2.75 bits per heavy atom. The van der Waals surface area contributed by atoms with Gasteiger partial charge in [0.2, 0.25) is 0 Å². The van der Waals surface area contributed by atoms with Crippen LogP contribution in [0.5, 0.6) is 0 Å². The molecule has 1 aliphatic heterocycles. The number of hydrogen-bond donors (Lipinski definition) is 0. The van der Waals surface area contributed by atoms with E-state index in [4.69, 9.17) is 4.74 Å². The van der Waals surface area contributed by atoms with E-state index in [0.717, 1.165) is 18.3 Å². The van der Waals surface area contributed by atoms with Gasteiger partial charge < -0.3 is 4.74 Å². The fourth-order valence-electron chi connectivity index (χ4n) is 3.72. The molecule has 24 heavy (non-hydrogen) atoms. The molecule has 4 nitrogen and oxygen atoms in total. The zero-order valence-electron chi connectivity index (χ0n) is 12.7. The third kappa shape index (κ3) is 1.99. The van der Waals surface area contributed by atoms with E-state index in [1.165, 1.54) is 27.9 Å². The Morgan fingerprint density at radius 1 is 1.12 bits per heavy atom. The summed E-state index contributed by atoms with van der Waals surface area (Å²) in [7, 11) is 0.